The summed E-state index contributed by atoms with van der Waals surface area (Å²) in [7, 11) is -0.803. The largest absolute Gasteiger partial charge is 0.464 e. The molecule has 0 bridgehead atoms. The van der Waals surface area contributed by atoms with Crippen molar-refractivity contribution in [1.29, 1.82) is 0 Å². The SMILES string of the molecule is COC(=O)/C(=C\COCC(CCC1(C)OCCO1)O[Si](C)(C)C(C)(C)C)NC(=O)OC(C)(C)C. The summed E-state index contributed by atoms with van der Waals surface area (Å²) in [5.41, 5.74) is -0.738. The van der Waals surface area contributed by atoms with Crippen LogP contribution in [0.5, 0.6) is 0 Å². The zero-order chi connectivity index (χ0) is 26.2. The van der Waals surface area contributed by atoms with Gasteiger partial charge in [0.25, 0.3) is 0 Å². The van der Waals surface area contributed by atoms with Gasteiger partial charge in [0.1, 0.15) is 11.3 Å². The Labute approximate surface area is 205 Å². The van der Waals surface area contributed by atoms with E-state index < -0.39 is 31.8 Å². The molecular formula is C24H45NO8Si. The number of ether oxygens (including phenoxy) is 5. The molecule has 0 radical (unpaired) electrons. The number of esters is 1. The number of methoxy groups -OCH3 is 1. The molecule has 1 N–H and O–H groups in total. The summed E-state index contributed by atoms with van der Waals surface area (Å²) < 4.78 is 33.9. The lowest BCUT2D eigenvalue weighted by atomic mass is 10.1. The highest BCUT2D eigenvalue weighted by Crippen LogP contribution is 2.38. The van der Waals surface area contributed by atoms with Crippen molar-refractivity contribution in [3.63, 3.8) is 0 Å². The van der Waals surface area contributed by atoms with Crippen LogP contribution >= 0.6 is 0 Å². The molecule has 34 heavy (non-hydrogen) atoms. The lowest BCUT2D eigenvalue weighted by Gasteiger charge is -2.39. The minimum atomic E-state index is -2.04. The predicted octanol–water partition coefficient (Wildman–Crippen LogP) is 4.52. The van der Waals surface area contributed by atoms with Crippen LogP contribution < -0.4 is 5.32 Å². The molecule has 1 unspecified atom stereocenters. The van der Waals surface area contributed by atoms with E-state index in [1.165, 1.54) is 13.2 Å². The summed E-state index contributed by atoms with van der Waals surface area (Å²) in [6.45, 7) is 19.7. The summed E-state index contributed by atoms with van der Waals surface area (Å²) in [6, 6.07) is 0. The zero-order valence-corrected chi connectivity index (χ0v) is 23.7. The predicted molar refractivity (Wildman–Crippen MR) is 132 cm³/mol. The van der Waals surface area contributed by atoms with E-state index in [4.69, 9.17) is 28.1 Å². The Morgan fingerprint density at radius 1 is 1.12 bits per heavy atom. The first kappa shape index (κ1) is 30.6. The third-order valence-electron chi connectivity index (χ3n) is 5.84. The Balaban J connectivity index is 2.80. The van der Waals surface area contributed by atoms with E-state index in [-0.39, 0.29) is 23.4 Å². The van der Waals surface area contributed by atoms with E-state index in [1.807, 2.05) is 6.92 Å². The van der Waals surface area contributed by atoms with Crippen LogP contribution in [0.2, 0.25) is 18.1 Å². The fourth-order valence-corrected chi connectivity index (χ4v) is 4.32. The fraction of sp³-hybridized carbons (Fsp3) is 0.833. The first-order valence-electron chi connectivity index (χ1n) is 11.8. The molecule has 1 amide bonds. The van der Waals surface area contributed by atoms with Gasteiger partial charge in [-0.05, 0) is 58.3 Å². The quantitative estimate of drug-likeness (QED) is 0.190. The highest BCUT2D eigenvalue weighted by Gasteiger charge is 2.40. The molecule has 1 saturated heterocycles. The van der Waals surface area contributed by atoms with E-state index >= 15 is 0 Å². The first-order chi connectivity index (χ1) is 15.5. The van der Waals surface area contributed by atoms with E-state index in [0.717, 1.165) is 0 Å². The summed E-state index contributed by atoms with van der Waals surface area (Å²) >= 11 is 0. The smallest absolute Gasteiger partial charge is 0.412 e. The first-order valence-corrected chi connectivity index (χ1v) is 14.7. The second-order valence-corrected chi connectivity index (χ2v) is 15.9. The molecule has 0 saturated carbocycles. The summed E-state index contributed by atoms with van der Waals surface area (Å²) in [5.74, 6) is -1.29. The van der Waals surface area contributed by atoms with E-state index in [2.05, 4.69) is 39.2 Å². The third kappa shape index (κ3) is 10.9. The zero-order valence-electron chi connectivity index (χ0n) is 22.7. The van der Waals surface area contributed by atoms with Crippen LogP contribution in [0.1, 0.15) is 61.3 Å². The van der Waals surface area contributed by atoms with Crippen LogP contribution in [0, 0.1) is 0 Å². The van der Waals surface area contributed by atoms with Gasteiger partial charge in [-0.15, -0.1) is 0 Å². The van der Waals surface area contributed by atoms with Gasteiger partial charge in [-0.2, -0.15) is 0 Å². The maximum absolute atomic E-state index is 12.1. The van der Waals surface area contributed by atoms with Gasteiger partial charge in [0, 0.05) is 6.42 Å². The minimum Gasteiger partial charge on any atom is -0.464 e. The summed E-state index contributed by atoms with van der Waals surface area (Å²) in [6.07, 6.45) is 1.93. The van der Waals surface area contributed by atoms with Crippen LogP contribution in [0.4, 0.5) is 4.79 Å². The number of alkyl carbamates (subject to hydrolysis) is 1. The average Bonchev–Trinajstić information content (AvgIpc) is 3.12. The molecule has 1 rings (SSSR count). The Morgan fingerprint density at radius 2 is 1.71 bits per heavy atom. The molecule has 0 aromatic heterocycles. The highest BCUT2D eigenvalue weighted by atomic mass is 28.4. The van der Waals surface area contributed by atoms with Gasteiger partial charge in [-0.3, -0.25) is 5.32 Å². The van der Waals surface area contributed by atoms with Crippen molar-refractivity contribution < 1.29 is 37.7 Å². The second kappa shape index (κ2) is 12.5. The number of rotatable bonds is 11. The molecule has 198 valence electrons. The number of nitrogens with one attached hydrogen (secondary N) is 1. The number of carbonyl (C=O) groups is 2. The molecule has 0 aliphatic carbocycles. The summed E-state index contributed by atoms with van der Waals surface area (Å²) in [4.78, 5) is 24.1. The number of carbonyl (C=O) groups excluding carboxylic acids is 2. The number of hydrogen-bond acceptors (Lipinski definition) is 8. The van der Waals surface area contributed by atoms with Crippen LogP contribution in [0.25, 0.3) is 0 Å². The molecule has 1 fully saturated rings. The van der Waals surface area contributed by atoms with E-state index in [0.29, 0.717) is 32.7 Å². The van der Waals surface area contributed by atoms with E-state index in [1.54, 1.807) is 20.8 Å². The van der Waals surface area contributed by atoms with Gasteiger partial charge >= 0.3 is 12.1 Å². The van der Waals surface area contributed by atoms with Crippen LogP contribution in [0.15, 0.2) is 11.8 Å². The molecular weight excluding hydrogens is 458 g/mol. The van der Waals surface area contributed by atoms with Gasteiger partial charge < -0.3 is 28.1 Å². The van der Waals surface area contributed by atoms with Crippen molar-refractivity contribution in [3.8, 4) is 0 Å². The Morgan fingerprint density at radius 3 is 2.21 bits per heavy atom. The van der Waals surface area contributed by atoms with Crippen molar-refractivity contribution in [2.45, 2.75) is 96.9 Å². The monoisotopic (exact) mass is 503 g/mol. The molecule has 9 nitrogen and oxygen atoms in total. The fourth-order valence-electron chi connectivity index (χ4n) is 2.94. The van der Waals surface area contributed by atoms with Crippen molar-refractivity contribution in [2.24, 2.45) is 0 Å². The minimum absolute atomic E-state index is 0.0427. The van der Waals surface area contributed by atoms with Gasteiger partial charge in [-0.25, -0.2) is 9.59 Å². The standard InChI is InChI=1S/C24H45NO8Si/c1-22(2,3)32-21(27)25-19(20(26)28-8)12-14-29-17-18(33-34(9,10)23(4,5)6)11-13-24(7)30-15-16-31-24/h12,18H,11,13-17H2,1-10H3,(H,25,27)/b19-12+. The molecule has 1 aliphatic rings. The van der Waals surface area contributed by atoms with Crippen LogP contribution in [-0.4, -0.2) is 71.4 Å². The lowest BCUT2D eigenvalue weighted by molar-refractivity contribution is -0.151. The van der Waals surface area contributed by atoms with Crippen molar-refractivity contribution in [2.75, 3.05) is 33.5 Å². The molecule has 0 aromatic carbocycles. The molecule has 1 aliphatic heterocycles. The maximum Gasteiger partial charge on any atom is 0.412 e. The molecule has 0 spiro atoms. The van der Waals surface area contributed by atoms with Crippen molar-refractivity contribution in [1.82, 2.24) is 5.32 Å². The van der Waals surface area contributed by atoms with Crippen molar-refractivity contribution in [3.05, 3.63) is 11.8 Å². The maximum atomic E-state index is 12.1. The van der Waals surface area contributed by atoms with Gasteiger partial charge in [0.05, 0.1) is 39.6 Å². The van der Waals surface area contributed by atoms with Crippen molar-refractivity contribution >= 4 is 20.4 Å². The molecule has 1 atom stereocenters. The Bertz CT molecular complexity index is 703. The molecule has 1 heterocycles. The normalized spacial score (nSPS) is 17.9. The number of amides is 1. The Kier molecular flexibility index (Phi) is 11.2. The topological polar surface area (TPSA) is 102 Å². The average molecular weight is 504 g/mol. The van der Waals surface area contributed by atoms with Gasteiger partial charge in [-0.1, -0.05) is 20.8 Å². The number of hydrogen-bond donors (Lipinski definition) is 1. The van der Waals surface area contributed by atoms with Crippen LogP contribution in [-0.2, 0) is 32.9 Å². The summed E-state index contributed by atoms with van der Waals surface area (Å²) in [5, 5.41) is 2.47. The van der Waals surface area contributed by atoms with E-state index in [9.17, 15) is 9.59 Å². The molecule has 0 aromatic rings. The second-order valence-electron chi connectivity index (χ2n) is 11.1. The lowest BCUT2D eigenvalue weighted by Crippen LogP contribution is -2.45. The van der Waals surface area contributed by atoms with Gasteiger partial charge in [0.15, 0.2) is 14.1 Å². The van der Waals surface area contributed by atoms with Crippen LogP contribution in [0.3, 0.4) is 0 Å². The van der Waals surface area contributed by atoms with Gasteiger partial charge in [0.2, 0.25) is 0 Å². The molecule has 10 heteroatoms. The Hall–Kier alpha value is -1.46. The third-order valence-corrected chi connectivity index (χ3v) is 10.4. The highest BCUT2D eigenvalue weighted by molar-refractivity contribution is 6.74.